The molecule has 1 fully saturated rings. The van der Waals surface area contributed by atoms with E-state index < -0.39 is 0 Å². The first-order chi connectivity index (χ1) is 9.92. The van der Waals surface area contributed by atoms with Crippen LogP contribution in [0, 0.1) is 0 Å². The number of anilines is 2. The van der Waals surface area contributed by atoms with Crippen LogP contribution in [0.5, 0.6) is 0 Å². The molecule has 0 saturated carbocycles. The van der Waals surface area contributed by atoms with Crippen LogP contribution in [-0.2, 0) is 6.54 Å². The predicted molar refractivity (Wildman–Crippen MR) is 81.9 cm³/mol. The molecule has 20 heavy (non-hydrogen) atoms. The Balaban J connectivity index is 1.58. The summed E-state index contributed by atoms with van der Waals surface area (Å²) in [5.41, 5.74) is 2.22. The highest BCUT2D eigenvalue weighted by atomic mass is 15.2. The van der Waals surface area contributed by atoms with Gasteiger partial charge in [0.25, 0.3) is 0 Å². The van der Waals surface area contributed by atoms with Crippen molar-refractivity contribution in [1.82, 2.24) is 9.97 Å². The number of nitrogens with zero attached hydrogens (tertiary/aromatic N) is 3. The van der Waals surface area contributed by atoms with Crippen molar-refractivity contribution in [2.45, 2.75) is 25.8 Å². The summed E-state index contributed by atoms with van der Waals surface area (Å²) >= 11 is 0. The van der Waals surface area contributed by atoms with Crippen LogP contribution in [-0.4, -0.2) is 23.1 Å². The topological polar surface area (TPSA) is 41.1 Å². The summed E-state index contributed by atoms with van der Waals surface area (Å²) in [6, 6.07) is 10.2. The molecule has 0 spiro atoms. The molecule has 0 amide bonds. The molecule has 1 aromatic heterocycles. The van der Waals surface area contributed by atoms with Crippen LogP contribution in [0.3, 0.4) is 0 Å². The average molecular weight is 268 g/mol. The lowest BCUT2D eigenvalue weighted by molar-refractivity contribution is 0.568. The molecule has 0 atom stereocenters. The molecule has 0 radical (unpaired) electrons. The van der Waals surface area contributed by atoms with Crippen molar-refractivity contribution in [3.63, 3.8) is 0 Å². The van der Waals surface area contributed by atoms with E-state index in [1.807, 2.05) is 30.6 Å². The van der Waals surface area contributed by atoms with Gasteiger partial charge in [-0.15, -0.1) is 0 Å². The Kier molecular flexibility index (Phi) is 4.11. The molecule has 1 N–H and O–H groups in total. The number of rotatable bonds is 4. The van der Waals surface area contributed by atoms with Crippen LogP contribution in [0.25, 0.3) is 0 Å². The number of benzene rings is 1. The number of nitrogens with one attached hydrogen (secondary N) is 1. The van der Waals surface area contributed by atoms with E-state index >= 15 is 0 Å². The minimum atomic E-state index is 0.754. The molecular formula is C16H20N4. The average Bonchev–Trinajstić information content (AvgIpc) is 2.55. The van der Waals surface area contributed by atoms with Gasteiger partial charge in [0, 0.05) is 43.3 Å². The van der Waals surface area contributed by atoms with Gasteiger partial charge in [-0.2, -0.15) is 0 Å². The maximum atomic E-state index is 4.49. The molecule has 4 heteroatoms. The molecule has 1 aromatic carbocycles. The third-order valence-electron chi connectivity index (χ3n) is 3.60. The number of hydrogen-bond donors (Lipinski definition) is 1. The molecule has 2 heterocycles. The zero-order valence-electron chi connectivity index (χ0n) is 11.6. The molecule has 0 unspecified atom stereocenters. The Morgan fingerprint density at radius 2 is 1.65 bits per heavy atom. The van der Waals surface area contributed by atoms with Crippen LogP contribution in [0.2, 0.25) is 0 Å². The summed E-state index contributed by atoms with van der Waals surface area (Å²) in [6.07, 6.45) is 7.68. The minimum Gasteiger partial charge on any atom is -0.381 e. The van der Waals surface area contributed by atoms with E-state index in [4.69, 9.17) is 0 Å². The number of hydrogen-bond acceptors (Lipinski definition) is 4. The van der Waals surface area contributed by atoms with Gasteiger partial charge in [0.1, 0.15) is 0 Å². The van der Waals surface area contributed by atoms with Gasteiger partial charge in [0.2, 0.25) is 5.95 Å². The zero-order valence-corrected chi connectivity index (χ0v) is 11.6. The Morgan fingerprint density at radius 3 is 2.35 bits per heavy atom. The van der Waals surface area contributed by atoms with E-state index in [2.05, 4.69) is 32.3 Å². The highest BCUT2D eigenvalue weighted by Gasteiger charge is 2.12. The van der Waals surface area contributed by atoms with E-state index in [9.17, 15) is 0 Å². The van der Waals surface area contributed by atoms with Gasteiger partial charge in [0.05, 0.1) is 0 Å². The summed E-state index contributed by atoms with van der Waals surface area (Å²) in [4.78, 5) is 11.3. The second-order valence-corrected chi connectivity index (χ2v) is 5.16. The van der Waals surface area contributed by atoms with Gasteiger partial charge >= 0.3 is 0 Å². The number of para-hydroxylation sites is 1. The Labute approximate surface area is 119 Å². The quantitative estimate of drug-likeness (QED) is 0.925. The Hall–Kier alpha value is -2.10. The third-order valence-corrected chi connectivity index (χ3v) is 3.60. The molecule has 1 saturated heterocycles. The van der Waals surface area contributed by atoms with Crippen LogP contribution >= 0.6 is 0 Å². The highest BCUT2D eigenvalue weighted by molar-refractivity contribution is 5.43. The van der Waals surface area contributed by atoms with Crippen molar-refractivity contribution in [2.75, 3.05) is 23.3 Å². The van der Waals surface area contributed by atoms with Gasteiger partial charge in [-0.05, 0) is 31.4 Å². The van der Waals surface area contributed by atoms with Gasteiger partial charge in [0.15, 0.2) is 0 Å². The first-order valence-electron chi connectivity index (χ1n) is 7.26. The van der Waals surface area contributed by atoms with Crippen molar-refractivity contribution in [3.05, 3.63) is 48.3 Å². The first-order valence-corrected chi connectivity index (χ1v) is 7.26. The molecule has 3 rings (SSSR count). The molecule has 4 nitrogen and oxygen atoms in total. The fourth-order valence-corrected chi connectivity index (χ4v) is 2.46. The first kappa shape index (κ1) is 12.9. The summed E-state index contributed by atoms with van der Waals surface area (Å²) in [5.74, 6) is 0.869. The smallest absolute Gasteiger partial charge is 0.225 e. The van der Waals surface area contributed by atoms with Gasteiger partial charge in [-0.1, -0.05) is 18.2 Å². The van der Waals surface area contributed by atoms with Crippen molar-refractivity contribution in [1.29, 1.82) is 0 Å². The van der Waals surface area contributed by atoms with Crippen molar-refractivity contribution in [2.24, 2.45) is 0 Å². The normalized spacial score (nSPS) is 15.1. The van der Waals surface area contributed by atoms with Crippen LogP contribution in [0.4, 0.5) is 11.6 Å². The second kappa shape index (κ2) is 6.37. The zero-order chi connectivity index (χ0) is 13.6. The SMILES string of the molecule is c1ccc(NCc2cnc(N3CCCCC3)nc2)cc1. The Morgan fingerprint density at radius 1 is 0.950 bits per heavy atom. The minimum absolute atomic E-state index is 0.754. The predicted octanol–water partition coefficient (Wildman–Crippen LogP) is 3.08. The molecule has 104 valence electrons. The highest BCUT2D eigenvalue weighted by Crippen LogP contribution is 2.15. The maximum absolute atomic E-state index is 4.49. The largest absolute Gasteiger partial charge is 0.381 e. The lowest BCUT2D eigenvalue weighted by Crippen LogP contribution is -2.30. The molecule has 1 aliphatic rings. The van der Waals surface area contributed by atoms with E-state index in [0.717, 1.165) is 36.8 Å². The second-order valence-electron chi connectivity index (χ2n) is 5.16. The Bertz CT molecular complexity index is 518. The lowest BCUT2D eigenvalue weighted by atomic mass is 10.1. The van der Waals surface area contributed by atoms with E-state index in [-0.39, 0.29) is 0 Å². The van der Waals surface area contributed by atoms with Crippen molar-refractivity contribution >= 4 is 11.6 Å². The molecule has 0 bridgehead atoms. The fourth-order valence-electron chi connectivity index (χ4n) is 2.46. The maximum Gasteiger partial charge on any atom is 0.225 e. The summed E-state index contributed by atoms with van der Waals surface area (Å²) < 4.78 is 0. The van der Waals surface area contributed by atoms with Crippen LogP contribution in [0.1, 0.15) is 24.8 Å². The van der Waals surface area contributed by atoms with E-state index in [1.54, 1.807) is 0 Å². The van der Waals surface area contributed by atoms with Gasteiger partial charge in [-0.25, -0.2) is 9.97 Å². The number of piperidine rings is 1. The molecule has 2 aromatic rings. The number of aromatic nitrogens is 2. The third kappa shape index (κ3) is 3.26. The van der Waals surface area contributed by atoms with E-state index in [0.29, 0.717) is 0 Å². The van der Waals surface area contributed by atoms with Crippen LogP contribution < -0.4 is 10.2 Å². The van der Waals surface area contributed by atoms with Crippen molar-refractivity contribution in [3.8, 4) is 0 Å². The van der Waals surface area contributed by atoms with Gasteiger partial charge < -0.3 is 10.2 Å². The molecule has 0 aliphatic carbocycles. The fraction of sp³-hybridized carbons (Fsp3) is 0.375. The summed E-state index contributed by atoms with van der Waals surface area (Å²) in [5, 5.41) is 3.37. The molecule has 1 aliphatic heterocycles. The van der Waals surface area contributed by atoms with Crippen LogP contribution in [0.15, 0.2) is 42.7 Å². The lowest BCUT2D eigenvalue weighted by Gasteiger charge is -2.26. The van der Waals surface area contributed by atoms with E-state index in [1.165, 1.54) is 19.3 Å². The summed E-state index contributed by atoms with van der Waals surface area (Å²) in [7, 11) is 0. The molecular weight excluding hydrogens is 248 g/mol. The van der Waals surface area contributed by atoms with Gasteiger partial charge in [-0.3, -0.25) is 0 Å². The monoisotopic (exact) mass is 268 g/mol. The van der Waals surface area contributed by atoms with Crippen molar-refractivity contribution < 1.29 is 0 Å². The summed E-state index contributed by atoms with van der Waals surface area (Å²) in [6.45, 7) is 2.92. The standard InChI is InChI=1S/C16H20N4/c1-3-7-15(8-4-1)17-11-14-12-18-16(19-13-14)20-9-5-2-6-10-20/h1,3-4,7-8,12-13,17H,2,5-6,9-11H2.